The summed E-state index contributed by atoms with van der Waals surface area (Å²) in [4.78, 5) is 28.9. The van der Waals surface area contributed by atoms with Crippen molar-refractivity contribution >= 4 is 40.3 Å². The first kappa shape index (κ1) is 18.3. The third-order valence-corrected chi connectivity index (χ3v) is 5.73. The number of hydrogen-bond donors (Lipinski definition) is 2. The lowest BCUT2D eigenvalue weighted by molar-refractivity contribution is -0.127. The molecule has 1 atom stereocenters. The molecule has 0 unspecified atom stereocenters. The number of carbonyl (C=O) groups is 2. The number of nitrogens with one attached hydrogen (secondary N) is 2. The molecule has 0 radical (unpaired) electrons. The van der Waals surface area contributed by atoms with Gasteiger partial charge in [-0.2, -0.15) is 8.75 Å². The molecule has 1 saturated carbocycles. The van der Waals surface area contributed by atoms with Crippen molar-refractivity contribution in [2.24, 2.45) is 0 Å². The quantitative estimate of drug-likeness (QED) is 0.765. The summed E-state index contributed by atoms with van der Waals surface area (Å²) in [5.74, 6) is 0.0668. The van der Waals surface area contributed by atoms with E-state index in [0.29, 0.717) is 18.3 Å². The second-order valence-electron chi connectivity index (χ2n) is 7.26. The fraction of sp³-hybridized carbons (Fsp3) is 0.556. The number of amides is 2. The molecule has 1 aromatic carbocycles. The van der Waals surface area contributed by atoms with Crippen LogP contribution in [0.1, 0.15) is 19.8 Å². The summed E-state index contributed by atoms with van der Waals surface area (Å²) >= 11 is 1.14. The second kappa shape index (κ2) is 7.87. The molecule has 8 nitrogen and oxygen atoms in total. The van der Waals surface area contributed by atoms with Gasteiger partial charge in [0.05, 0.1) is 30.0 Å². The Morgan fingerprint density at radius 3 is 2.74 bits per heavy atom. The molecule has 1 aromatic heterocycles. The summed E-state index contributed by atoms with van der Waals surface area (Å²) in [7, 11) is 0. The highest BCUT2D eigenvalue weighted by Crippen LogP contribution is 2.21. The van der Waals surface area contributed by atoms with Crippen molar-refractivity contribution in [3.05, 3.63) is 18.2 Å². The molecule has 2 heterocycles. The Balaban J connectivity index is 1.25. The molecule has 4 rings (SSSR count). The van der Waals surface area contributed by atoms with Crippen molar-refractivity contribution < 1.29 is 9.59 Å². The maximum atomic E-state index is 12.4. The predicted octanol–water partition coefficient (Wildman–Crippen LogP) is 0.914. The highest BCUT2D eigenvalue weighted by molar-refractivity contribution is 7.00. The Labute approximate surface area is 162 Å². The van der Waals surface area contributed by atoms with Gasteiger partial charge in [-0.05, 0) is 31.9 Å². The Bertz CT molecular complexity index is 828. The molecular weight excluding hydrogens is 364 g/mol. The van der Waals surface area contributed by atoms with Crippen LogP contribution in [0.15, 0.2) is 18.2 Å². The van der Waals surface area contributed by atoms with Crippen molar-refractivity contribution in [1.82, 2.24) is 23.9 Å². The van der Waals surface area contributed by atoms with E-state index in [2.05, 4.69) is 29.2 Å². The van der Waals surface area contributed by atoms with Crippen LogP contribution in [-0.4, -0.2) is 75.2 Å². The molecule has 2 fully saturated rings. The number of hydrogen-bond acceptors (Lipinski definition) is 7. The number of nitrogens with zero attached hydrogens (tertiary/aromatic N) is 4. The topological polar surface area (TPSA) is 90.5 Å². The fourth-order valence-electron chi connectivity index (χ4n) is 3.32. The van der Waals surface area contributed by atoms with Gasteiger partial charge in [-0.1, -0.05) is 6.07 Å². The van der Waals surface area contributed by atoms with Crippen molar-refractivity contribution in [1.29, 1.82) is 0 Å². The van der Waals surface area contributed by atoms with Crippen LogP contribution in [-0.2, 0) is 9.59 Å². The minimum absolute atomic E-state index is 0.0523. The van der Waals surface area contributed by atoms with Gasteiger partial charge in [-0.3, -0.25) is 19.4 Å². The molecule has 2 amide bonds. The van der Waals surface area contributed by atoms with Crippen LogP contribution < -0.4 is 10.6 Å². The third kappa shape index (κ3) is 4.42. The van der Waals surface area contributed by atoms with Crippen molar-refractivity contribution in [2.75, 3.05) is 38.0 Å². The van der Waals surface area contributed by atoms with Gasteiger partial charge in [0.2, 0.25) is 11.8 Å². The first-order chi connectivity index (χ1) is 13.1. The Hall–Kier alpha value is -2.10. The third-order valence-electron chi connectivity index (χ3n) is 5.19. The monoisotopic (exact) mass is 388 g/mol. The van der Waals surface area contributed by atoms with Crippen LogP contribution >= 0.6 is 11.7 Å². The number of aromatic nitrogens is 2. The minimum atomic E-state index is -0.114. The lowest BCUT2D eigenvalue weighted by atomic mass is 10.2. The first-order valence-electron chi connectivity index (χ1n) is 9.38. The molecule has 0 bridgehead atoms. The molecule has 1 aliphatic heterocycles. The predicted molar refractivity (Wildman–Crippen MR) is 105 cm³/mol. The number of carbonyl (C=O) groups excluding carboxylic acids is 2. The molecule has 1 aliphatic carbocycles. The van der Waals surface area contributed by atoms with Gasteiger partial charge in [0.1, 0.15) is 11.0 Å². The maximum Gasteiger partial charge on any atom is 0.238 e. The summed E-state index contributed by atoms with van der Waals surface area (Å²) in [6, 6.07) is 5.87. The summed E-state index contributed by atoms with van der Waals surface area (Å²) in [6.45, 7) is 5.43. The molecule has 144 valence electrons. The number of fused-ring (bicyclic) bond motifs is 1. The zero-order valence-corrected chi connectivity index (χ0v) is 16.2. The van der Waals surface area contributed by atoms with Crippen LogP contribution in [0.25, 0.3) is 11.0 Å². The maximum absolute atomic E-state index is 12.4. The van der Waals surface area contributed by atoms with E-state index in [1.165, 1.54) is 0 Å². The normalized spacial score (nSPS) is 19.7. The average molecular weight is 388 g/mol. The van der Waals surface area contributed by atoms with Crippen molar-refractivity contribution in [3.8, 4) is 0 Å². The highest BCUT2D eigenvalue weighted by atomic mass is 32.1. The van der Waals surface area contributed by atoms with Crippen LogP contribution in [0.2, 0.25) is 0 Å². The Morgan fingerprint density at radius 2 is 2.00 bits per heavy atom. The van der Waals surface area contributed by atoms with E-state index in [1.807, 2.05) is 25.1 Å². The van der Waals surface area contributed by atoms with Crippen LogP contribution in [0.4, 0.5) is 5.69 Å². The zero-order valence-electron chi connectivity index (χ0n) is 15.4. The standard InChI is InChI=1S/C18H24N6O2S/c1-12(18(26)19-13-5-6-13)24-9-7-23(8-10-24)11-16(25)20-14-3-2-4-15-17(14)22-27-21-15/h2-4,12-13H,5-11H2,1H3,(H,19,26)(H,20,25)/t12-/m1/s1. The van der Waals surface area contributed by atoms with Gasteiger partial charge in [0.25, 0.3) is 0 Å². The molecule has 2 aromatic rings. The smallest absolute Gasteiger partial charge is 0.238 e. The number of piperazine rings is 1. The van der Waals surface area contributed by atoms with E-state index < -0.39 is 0 Å². The highest BCUT2D eigenvalue weighted by Gasteiger charge is 2.30. The van der Waals surface area contributed by atoms with E-state index in [-0.39, 0.29) is 17.9 Å². The Morgan fingerprint density at radius 1 is 1.22 bits per heavy atom. The molecule has 2 aliphatic rings. The van der Waals surface area contributed by atoms with Gasteiger partial charge in [-0.25, -0.2) is 0 Å². The van der Waals surface area contributed by atoms with Gasteiger partial charge in [0, 0.05) is 32.2 Å². The molecule has 9 heteroatoms. The number of benzene rings is 1. The summed E-state index contributed by atoms with van der Waals surface area (Å²) in [5.41, 5.74) is 2.23. The van der Waals surface area contributed by atoms with E-state index >= 15 is 0 Å². The molecule has 0 spiro atoms. The van der Waals surface area contributed by atoms with E-state index in [0.717, 1.165) is 61.8 Å². The molecule has 2 N–H and O–H groups in total. The van der Waals surface area contributed by atoms with Crippen molar-refractivity contribution in [2.45, 2.75) is 31.8 Å². The largest absolute Gasteiger partial charge is 0.352 e. The van der Waals surface area contributed by atoms with Gasteiger partial charge in [0.15, 0.2) is 0 Å². The lowest BCUT2D eigenvalue weighted by Gasteiger charge is -2.37. The first-order valence-corrected chi connectivity index (χ1v) is 10.1. The lowest BCUT2D eigenvalue weighted by Crippen LogP contribution is -2.55. The second-order valence-corrected chi connectivity index (χ2v) is 7.79. The van der Waals surface area contributed by atoms with E-state index in [9.17, 15) is 9.59 Å². The van der Waals surface area contributed by atoms with Crippen LogP contribution in [0.5, 0.6) is 0 Å². The minimum Gasteiger partial charge on any atom is -0.352 e. The number of rotatable bonds is 6. The average Bonchev–Trinajstić information content (AvgIpc) is 3.34. The summed E-state index contributed by atoms with van der Waals surface area (Å²) < 4.78 is 8.44. The molecule has 1 saturated heterocycles. The number of anilines is 1. The van der Waals surface area contributed by atoms with Gasteiger partial charge in [-0.15, -0.1) is 0 Å². The molecule has 27 heavy (non-hydrogen) atoms. The van der Waals surface area contributed by atoms with Crippen molar-refractivity contribution in [3.63, 3.8) is 0 Å². The van der Waals surface area contributed by atoms with Crippen LogP contribution in [0.3, 0.4) is 0 Å². The summed E-state index contributed by atoms with van der Waals surface area (Å²) in [5, 5.41) is 6.01. The van der Waals surface area contributed by atoms with Crippen LogP contribution in [0, 0.1) is 0 Å². The van der Waals surface area contributed by atoms with E-state index in [4.69, 9.17) is 0 Å². The van der Waals surface area contributed by atoms with E-state index in [1.54, 1.807) is 0 Å². The van der Waals surface area contributed by atoms with Gasteiger partial charge < -0.3 is 10.6 Å². The van der Waals surface area contributed by atoms with Gasteiger partial charge >= 0.3 is 0 Å². The summed E-state index contributed by atoms with van der Waals surface area (Å²) in [6.07, 6.45) is 2.21. The molecular formula is C18H24N6O2S. The SMILES string of the molecule is C[C@H](C(=O)NC1CC1)N1CCN(CC(=O)Nc2cccc3nsnc23)CC1. The zero-order chi connectivity index (χ0) is 18.8. The Kier molecular flexibility index (Phi) is 5.33. The fourth-order valence-corrected chi connectivity index (χ4v) is 3.87.